The Hall–Kier alpha value is -0.920. The van der Waals surface area contributed by atoms with E-state index in [0.29, 0.717) is 0 Å². The first-order chi connectivity index (χ1) is 4.04. The van der Waals surface area contributed by atoms with Gasteiger partial charge in [0, 0.05) is 19.8 Å². The van der Waals surface area contributed by atoms with E-state index in [2.05, 4.69) is 18.5 Å². The lowest BCUT2D eigenvalue weighted by Crippen LogP contribution is -2.22. The summed E-state index contributed by atoms with van der Waals surface area (Å²) in [5, 5.41) is 2.98. The van der Waals surface area contributed by atoms with Gasteiger partial charge in [0.1, 0.15) is 0 Å². The number of nitrogens with one attached hydrogen (secondary N) is 1. The third-order valence-corrected chi connectivity index (χ3v) is 0.898. The lowest BCUT2D eigenvalue weighted by molar-refractivity contribution is 0.480. The third-order valence-electron chi connectivity index (χ3n) is 0.898. The molecule has 0 atom stereocenters. The quantitative estimate of drug-likeness (QED) is 0.610. The van der Waals surface area contributed by atoms with Gasteiger partial charge in [-0.1, -0.05) is 13.2 Å². The van der Waals surface area contributed by atoms with E-state index in [1.807, 2.05) is 25.9 Å². The molecule has 0 aliphatic heterocycles. The Morgan fingerprint density at radius 2 is 1.78 bits per heavy atom. The van der Waals surface area contributed by atoms with Crippen molar-refractivity contribution < 1.29 is 0 Å². The van der Waals surface area contributed by atoms with Gasteiger partial charge in [0.15, 0.2) is 0 Å². The van der Waals surface area contributed by atoms with Gasteiger partial charge >= 0.3 is 0 Å². The second kappa shape index (κ2) is 3.17. The van der Waals surface area contributed by atoms with E-state index < -0.39 is 0 Å². The highest BCUT2D eigenvalue weighted by Crippen LogP contribution is 1.91. The van der Waals surface area contributed by atoms with Gasteiger partial charge in [0.05, 0.1) is 5.82 Å². The summed E-state index contributed by atoms with van der Waals surface area (Å²) in [4.78, 5) is 1.90. The molecule has 52 valence electrons. The maximum absolute atomic E-state index is 3.75. The Bertz CT molecular complexity index is 125. The van der Waals surface area contributed by atoms with Gasteiger partial charge in [-0.15, -0.1) is 0 Å². The molecule has 0 aliphatic carbocycles. The van der Waals surface area contributed by atoms with Crippen molar-refractivity contribution >= 4 is 0 Å². The molecule has 0 aromatic heterocycles. The van der Waals surface area contributed by atoms with Crippen molar-refractivity contribution in [2.45, 2.75) is 6.92 Å². The normalized spacial score (nSPS) is 8.33. The van der Waals surface area contributed by atoms with Crippen molar-refractivity contribution in [1.29, 1.82) is 0 Å². The molecule has 1 N–H and O–H groups in total. The minimum Gasteiger partial charge on any atom is -0.365 e. The smallest absolute Gasteiger partial charge is 0.0975 e. The molecule has 0 aromatic rings. The summed E-state index contributed by atoms with van der Waals surface area (Å²) in [5.74, 6) is 0.863. The molecule has 2 heteroatoms. The van der Waals surface area contributed by atoms with Crippen LogP contribution in [0, 0.1) is 0 Å². The Morgan fingerprint density at radius 3 is 1.89 bits per heavy atom. The van der Waals surface area contributed by atoms with Crippen molar-refractivity contribution in [3.05, 3.63) is 24.7 Å². The fourth-order valence-electron chi connectivity index (χ4n) is 0.358. The van der Waals surface area contributed by atoms with Gasteiger partial charge in [-0.25, -0.2) is 0 Å². The summed E-state index contributed by atoms with van der Waals surface area (Å²) >= 11 is 0. The van der Waals surface area contributed by atoms with Crippen LogP contribution in [0.5, 0.6) is 0 Å². The molecule has 2 nitrogen and oxygen atoms in total. The van der Waals surface area contributed by atoms with E-state index >= 15 is 0 Å². The molecule has 0 aliphatic rings. The Labute approximate surface area is 56.9 Å². The van der Waals surface area contributed by atoms with Crippen LogP contribution < -0.4 is 5.32 Å². The topological polar surface area (TPSA) is 15.3 Å². The molecule has 0 rings (SSSR count). The third kappa shape index (κ3) is 3.64. The Morgan fingerprint density at radius 1 is 1.33 bits per heavy atom. The Balaban J connectivity index is 3.64. The monoisotopic (exact) mass is 126 g/mol. The van der Waals surface area contributed by atoms with Crippen LogP contribution in [-0.4, -0.2) is 19.0 Å². The Kier molecular flexibility index (Phi) is 2.85. The first-order valence-electron chi connectivity index (χ1n) is 2.83. The molecular weight excluding hydrogens is 112 g/mol. The number of allylic oxidation sites excluding steroid dienone is 1. The van der Waals surface area contributed by atoms with E-state index in [-0.39, 0.29) is 0 Å². The van der Waals surface area contributed by atoms with E-state index in [4.69, 9.17) is 0 Å². The minimum absolute atomic E-state index is 0.863. The van der Waals surface area contributed by atoms with Crippen LogP contribution in [0.4, 0.5) is 0 Å². The fourth-order valence-corrected chi connectivity index (χ4v) is 0.358. The predicted octanol–water partition coefficient (Wildman–Crippen LogP) is 1.14. The summed E-state index contributed by atoms with van der Waals surface area (Å²) in [7, 11) is 3.86. The molecule has 0 aromatic carbocycles. The van der Waals surface area contributed by atoms with Crippen LogP contribution in [-0.2, 0) is 0 Å². The van der Waals surface area contributed by atoms with Crippen LogP contribution in [0.25, 0.3) is 0 Å². The van der Waals surface area contributed by atoms with Crippen LogP contribution >= 0.6 is 0 Å². The highest BCUT2D eigenvalue weighted by molar-refractivity contribution is 4.99. The number of nitrogens with zero attached hydrogens (tertiary/aromatic N) is 1. The van der Waals surface area contributed by atoms with E-state index in [1.54, 1.807) is 0 Å². The predicted molar refractivity (Wildman–Crippen MR) is 40.8 cm³/mol. The molecule has 0 amide bonds. The molecule has 0 heterocycles. The largest absolute Gasteiger partial charge is 0.365 e. The van der Waals surface area contributed by atoms with Crippen molar-refractivity contribution in [2.24, 2.45) is 0 Å². The highest BCUT2D eigenvalue weighted by Gasteiger charge is 1.91. The van der Waals surface area contributed by atoms with Crippen LogP contribution in [0.15, 0.2) is 24.7 Å². The van der Waals surface area contributed by atoms with Crippen molar-refractivity contribution in [1.82, 2.24) is 10.2 Å². The molecule has 9 heavy (non-hydrogen) atoms. The van der Waals surface area contributed by atoms with Gasteiger partial charge in [0.2, 0.25) is 0 Å². The lowest BCUT2D eigenvalue weighted by atomic mass is 10.5. The number of hydrogen-bond donors (Lipinski definition) is 1. The van der Waals surface area contributed by atoms with Crippen LogP contribution in [0.2, 0.25) is 0 Å². The summed E-state index contributed by atoms with van der Waals surface area (Å²) in [6.45, 7) is 9.32. The molecule has 0 fully saturated rings. The zero-order valence-corrected chi connectivity index (χ0v) is 6.36. The average molecular weight is 126 g/mol. The molecule has 0 spiro atoms. The average Bonchev–Trinajstić information content (AvgIpc) is 1.63. The molecule has 0 unspecified atom stereocenters. The van der Waals surface area contributed by atoms with Crippen LogP contribution in [0.3, 0.4) is 0 Å². The number of rotatable bonds is 3. The summed E-state index contributed by atoms with van der Waals surface area (Å²) in [6.07, 6.45) is 0. The summed E-state index contributed by atoms with van der Waals surface area (Å²) in [6, 6.07) is 0. The maximum atomic E-state index is 3.75. The number of hydrogen-bond acceptors (Lipinski definition) is 2. The van der Waals surface area contributed by atoms with E-state index in [0.717, 1.165) is 11.5 Å². The standard InChI is InChI=1S/C7H14N2/c1-6(2)8-7(3)9(4)5/h8H,1,3H2,2,4-5H3. The van der Waals surface area contributed by atoms with Gasteiger partial charge in [-0.2, -0.15) is 0 Å². The molecule has 0 saturated heterocycles. The van der Waals surface area contributed by atoms with E-state index in [9.17, 15) is 0 Å². The molecule has 0 bridgehead atoms. The van der Waals surface area contributed by atoms with E-state index in [1.165, 1.54) is 0 Å². The highest BCUT2D eigenvalue weighted by atomic mass is 15.2. The van der Waals surface area contributed by atoms with Gasteiger partial charge in [-0.05, 0) is 6.92 Å². The maximum Gasteiger partial charge on any atom is 0.0975 e. The van der Waals surface area contributed by atoms with Gasteiger partial charge in [-0.3, -0.25) is 0 Å². The molecule has 0 saturated carbocycles. The molecular formula is C7H14N2. The zero-order valence-electron chi connectivity index (χ0n) is 6.36. The first-order valence-corrected chi connectivity index (χ1v) is 2.83. The van der Waals surface area contributed by atoms with Crippen molar-refractivity contribution in [3.8, 4) is 0 Å². The zero-order chi connectivity index (χ0) is 7.44. The van der Waals surface area contributed by atoms with Crippen molar-refractivity contribution in [3.63, 3.8) is 0 Å². The second-order valence-electron chi connectivity index (χ2n) is 2.25. The second-order valence-corrected chi connectivity index (χ2v) is 2.25. The minimum atomic E-state index is 0.863. The van der Waals surface area contributed by atoms with Gasteiger partial charge in [0.25, 0.3) is 0 Å². The fraction of sp³-hybridized carbons (Fsp3) is 0.429. The van der Waals surface area contributed by atoms with Crippen molar-refractivity contribution in [2.75, 3.05) is 14.1 Å². The lowest BCUT2D eigenvalue weighted by Gasteiger charge is -2.16. The molecule has 0 radical (unpaired) electrons. The summed E-state index contributed by atoms with van der Waals surface area (Å²) in [5.41, 5.74) is 0.911. The SMILES string of the molecule is C=C(C)NC(=C)N(C)C. The first kappa shape index (κ1) is 8.08. The summed E-state index contributed by atoms with van der Waals surface area (Å²) < 4.78 is 0. The van der Waals surface area contributed by atoms with Crippen LogP contribution in [0.1, 0.15) is 6.92 Å². The van der Waals surface area contributed by atoms with Gasteiger partial charge < -0.3 is 10.2 Å².